The Hall–Kier alpha value is -3.18. The lowest BCUT2D eigenvalue weighted by molar-refractivity contribution is -0.118. The Morgan fingerprint density at radius 1 is 0.968 bits per heavy atom. The van der Waals surface area contributed by atoms with Crippen LogP contribution in [0.15, 0.2) is 83.9 Å². The second-order valence-electron chi connectivity index (χ2n) is 8.22. The van der Waals surface area contributed by atoms with Gasteiger partial charge in [-0.25, -0.2) is 0 Å². The first kappa shape index (κ1) is 22.5. The van der Waals surface area contributed by atoms with E-state index in [1.54, 1.807) is 30.3 Å². The van der Waals surface area contributed by atoms with Crippen LogP contribution in [0.25, 0.3) is 6.08 Å². The van der Waals surface area contributed by atoms with Gasteiger partial charge in [0.05, 0.1) is 0 Å². The number of benzene rings is 2. The molecule has 0 fully saturated rings. The Balaban J connectivity index is 1.73. The first-order valence-electron chi connectivity index (χ1n) is 10.3. The average molecular weight is 433 g/mol. The van der Waals surface area contributed by atoms with Gasteiger partial charge in [0, 0.05) is 16.5 Å². The lowest BCUT2D eigenvalue weighted by atomic mass is 9.79. The van der Waals surface area contributed by atoms with Gasteiger partial charge < -0.3 is 10.6 Å². The highest BCUT2D eigenvalue weighted by atomic mass is 32.1. The van der Waals surface area contributed by atoms with Crippen molar-refractivity contribution in [3.63, 3.8) is 0 Å². The number of amides is 2. The highest BCUT2D eigenvalue weighted by Gasteiger charge is 2.25. The van der Waals surface area contributed by atoms with Crippen molar-refractivity contribution in [3.8, 4) is 0 Å². The van der Waals surface area contributed by atoms with Crippen molar-refractivity contribution in [2.45, 2.75) is 38.6 Å². The van der Waals surface area contributed by atoms with Crippen LogP contribution in [0.4, 0.5) is 0 Å². The van der Waals surface area contributed by atoms with E-state index < -0.39 is 0 Å². The summed E-state index contributed by atoms with van der Waals surface area (Å²) in [4.78, 5) is 26.6. The highest BCUT2D eigenvalue weighted by molar-refractivity contribution is 7.10. The van der Waals surface area contributed by atoms with Gasteiger partial charge in [-0.05, 0) is 54.0 Å². The van der Waals surface area contributed by atoms with Crippen molar-refractivity contribution in [2.24, 2.45) is 0 Å². The number of carbonyl (C=O) groups is 2. The predicted octanol–water partition coefficient (Wildman–Crippen LogP) is 5.39. The summed E-state index contributed by atoms with van der Waals surface area (Å²) in [5.41, 5.74) is 1.87. The van der Waals surface area contributed by atoms with Crippen molar-refractivity contribution in [3.05, 3.63) is 99.9 Å². The molecule has 0 spiro atoms. The molecule has 0 radical (unpaired) electrons. The fraction of sp³-hybridized carbons (Fsp3) is 0.231. The fourth-order valence-corrected chi connectivity index (χ4v) is 4.24. The molecule has 0 aliphatic rings. The molecule has 2 aromatic carbocycles. The highest BCUT2D eigenvalue weighted by Crippen LogP contribution is 2.28. The first-order valence-corrected chi connectivity index (χ1v) is 11.2. The zero-order valence-electron chi connectivity index (χ0n) is 18.1. The van der Waals surface area contributed by atoms with Crippen LogP contribution in [0, 0.1) is 0 Å². The minimum absolute atomic E-state index is 0.0805. The standard InChI is InChI=1S/C26H28N2O2S/c1-19(18-26(2,3)21-13-8-5-9-14-21)27-25(30)23(17-22-15-10-16-31-22)28-24(29)20-11-6-4-7-12-20/h4-17,19H,18H2,1-3H3,(H,27,30)(H,28,29)/b23-17-/t19-/m0/s1. The summed E-state index contributed by atoms with van der Waals surface area (Å²) in [6.45, 7) is 6.33. The molecule has 0 saturated carbocycles. The molecule has 0 unspecified atom stereocenters. The molecule has 2 N–H and O–H groups in total. The van der Waals surface area contributed by atoms with E-state index in [0.29, 0.717) is 5.56 Å². The van der Waals surface area contributed by atoms with Crippen LogP contribution in [0.3, 0.4) is 0 Å². The normalized spacial score (nSPS) is 12.8. The number of carbonyl (C=O) groups excluding carboxylic acids is 2. The first-order chi connectivity index (χ1) is 14.8. The number of thiophene rings is 1. The Morgan fingerprint density at radius 2 is 1.61 bits per heavy atom. The summed E-state index contributed by atoms with van der Waals surface area (Å²) in [6.07, 6.45) is 2.48. The van der Waals surface area contributed by atoms with Crippen LogP contribution in [0.2, 0.25) is 0 Å². The van der Waals surface area contributed by atoms with Gasteiger partial charge in [0.2, 0.25) is 0 Å². The predicted molar refractivity (Wildman–Crippen MR) is 128 cm³/mol. The number of hydrogen-bond donors (Lipinski definition) is 2. The summed E-state index contributed by atoms with van der Waals surface area (Å²) >= 11 is 1.51. The van der Waals surface area contributed by atoms with Crippen molar-refractivity contribution in [1.29, 1.82) is 0 Å². The average Bonchev–Trinajstić information content (AvgIpc) is 3.27. The van der Waals surface area contributed by atoms with Crippen molar-refractivity contribution in [1.82, 2.24) is 10.6 Å². The van der Waals surface area contributed by atoms with Gasteiger partial charge in [-0.1, -0.05) is 68.4 Å². The zero-order valence-corrected chi connectivity index (χ0v) is 18.9. The van der Waals surface area contributed by atoms with E-state index in [0.717, 1.165) is 11.3 Å². The molecular weight excluding hydrogens is 404 g/mol. The Labute approximate surface area is 188 Å². The third-order valence-corrected chi connectivity index (χ3v) is 5.93. The number of rotatable bonds is 8. The van der Waals surface area contributed by atoms with Crippen LogP contribution in [0.1, 0.15) is 48.0 Å². The summed E-state index contributed by atoms with van der Waals surface area (Å²) in [6, 6.07) is 22.9. The third kappa shape index (κ3) is 6.40. The minimum atomic E-state index is -0.309. The van der Waals surface area contributed by atoms with E-state index in [2.05, 4.69) is 36.6 Å². The van der Waals surface area contributed by atoms with Crippen LogP contribution in [-0.4, -0.2) is 17.9 Å². The monoisotopic (exact) mass is 432 g/mol. The molecule has 31 heavy (non-hydrogen) atoms. The van der Waals surface area contributed by atoms with Crippen molar-refractivity contribution in [2.75, 3.05) is 0 Å². The maximum atomic E-state index is 13.1. The van der Waals surface area contributed by atoms with Gasteiger partial charge in [-0.15, -0.1) is 11.3 Å². The zero-order chi connectivity index (χ0) is 22.3. The molecule has 1 aromatic heterocycles. The maximum Gasteiger partial charge on any atom is 0.268 e. The minimum Gasteiger partial charge on any atom is -0.348 e. The molecule has 0 aliphatic heterocycles. The lowest BCUT2D eigenvalue weighted by Crippen LogP contribution is -2.41. The molecule has 0 saturated heterocycles. The number of nitrogens with one attached hydrogen (secondary N) is 2. The van der Waals surface area contributed by atoms with E-state index in [4.69, 9.17) is 0 Å². The molecule has 1 atom stereocenters. The van der Waals surface area contributed by atoms with Gasteiger partial charge in [0.1, 0.15) is 5.70 Å². The molecule has 1 heterocycles. The summed E-state index contributed by atoms with van der Waals surface area (Å²) < 4.78 is 0. The van der Waals surface area contributed by atoms with Gasteiger partial charge in [-0.2, -0.15) is 0 Å². The lowest BCUT2D eigenvalue weighted by Gasteiger charge is -2.29. The number of hydrogen-bond acceptors (Lipinski definition) is 3. The molecule has 0 aliphatic carbocycles. The molecule has 4 nitrogen and oxygen atoms in total. The molecule has 0 bridgehead atoms. The Morgan fingerprint density at radius 3 is 2.23 bits per heavy atom. The maximum absolute atomic E-state index is 13.1. The van der Waals surface area contributed by atoms with Crippen LogP contribution in [0.5, 0.6) is 0 Å². The van der Waals surface area contributed by atoms with Crippen LogP contribution < -0.4 is 10.6 Å². The quantitative estimate of drug-likeness (QED) is 0.469. The van der Waals surface area contributed by atoms with E-state index in [1.165, 1.54) is 16.9 Å². The fourth-order valence-electron chi connectivity index (χ4n) is 3.58. The molecule has 160 valence electrons. The smallest absolute Gasteiger partial charge is 0.268 e. The molecular formula is C26H28N2O2S. The summed E-state index contributed by atoms with van der Waals surface area (Å²) in [7, 11) is 0. The van der Waals surface area contributed by atoms with Crippen molar-refractivity contribution < 1.29 is 9.59 Å². The topological polar surface area (TPSA) is 58.2 Å². The van der Waals surface area contributed by atoms with Gasteiger partial charge >= 0.3 is 0 Å². The molecule has 2 amide bonds. The molecule has 3 aromatic rings. The third-order valence-electron chi connectivity index (χ3n) is 5.11. The summed E-state index contributed by atoms with van der Waals surface area (Å²) in [5.74, 6) is -0.607. The Bertz CT molecular complexity index is 1030. The van der Waals surface area contributed by atoms with E-state index in [9.17, 15) is 9.59 Å². The van der Waals surface area contributed by atoms with Crippen LogP contribution >= 0.6 is 11.3 Å². The van der Waals surface area contributed by atoms with Gasteiger partial charge in [0.25, 0.3) is 11.8 Å². The molecule has 3 rings (SSSR count). The summed E-state index contributed by atoms with van der Waals surface area (Å²) in [5, 5.41) is 7.78. The Kier molecular flexibility index (Phi) is 7.42. The van der Waals surface area contributed by atoms with Crippen LogP contribution in [-0.2, 0) is 10.2 Å². The van der Waals surface area contributed by atoms with Crippen molar-refractivity contribution >= 4 is 29.2 Å². The van der Waals surface area contributed by atoms with E-state index in [-0.39, 0.29) is 29.0 Å². The van der Waals surface area contributed by atoms with E-state index >= 15 is 0 Å². The second-order valence-corrected chi connectivity index (χ2v) is 9.20. The largest absolute Gasteiger partial charge is 0.348 e. The molecule has 5 heteroatoms. The second kappa shape index (κ2) is 10.2. The van der Waals surface area contributed by atoms with Gasteiger partial charge in [-0.3, -0.25) is 9.59 Å². The SMILES string of the molecule is C[C@@H](CC(C)(C)c1ccccc1)NC(=O)/C(=C/c1cccs1)NC(=O)c1ccccc1. The van der Waals surface area contributed by atoms with E-state index in [1.807, 2.05) is 48.7 Å². The van der Waals surface area contributed by atoms with Gasteiger partial charge in [0.15, 0.2) is 0 Å².